The van der Waals surface area contributed by atoms with Gasteiger partial charge in [0.05, 0.1) is 16.9 Å². The van der Waals surface area contributed by atoms with Crippen LogP contribution in [0.5, 0.6) is 0 Å². The fraction of sp³-hybridized carbons (Fsp3) is 0.0714. The highest BCUT2D eigenvalue weighted by atomic mass is 19.1. The molecule has 0 saturated heterocycles. The van der Waals surface area contributed by atoms with Gasteiger partial charge in [-0.15, -0.1) is 0 Å². The first-order valence-electron chi connectivity index (χ1n) is 5.63. The summed E-state index contributed by atoms with van der Waals surface area (Å²) in [4.78, 5) is 10.8. The van der Waals surface area contributed by atoms with Crippen molar-refractivity contribution in [2.75, 3.05) is 11.1 Å². The molecule has 0 fully saturated rings. The van der Waals surface area contributed by atoms with E-state index in [0.29, 0.717) is 17.1 Å². The summed E-state index contributed by atoms with van der Waals surface area (Å²) >= 11 is 0. The van der Waals surface area contributed by atoms with Gasteiger partial charge >= 0.3 is 5.97 Å². The molecule has 0 aliphatic heterocycles. The predicted octanol–water partition coefficient (Wildman–Crippen LogP) is 3.16. The van der Waals surface area contributed by atoms with Crippen molar-refractivity contribution in [2.24, 2.45) is 0 Å². The Labute approximate surface area is 109 Å². The van der Waals surface area contributed by atoms with Crippen LogP contribution in [0.4, 0.5) is 21.5 Å². The SMILES string of the molecule is Cc1cc(F)cc(Nc2ccc(C(=O)O)cc2N)c1. The van der Waals surface area contributed by atoms with Crippen molar-refractivity contribution in [1.29, 1.82) is 0 Å². The number of aryl methyl sites for hydroxylation is 1. The van der Waals surface area contributed by atoms with Crippen molar-refractivity contribution < 1.29 is 14.3 Å². The molecule has 0 amide bonds. The fourth-order valence-corrected chi connectivity index (χ4v) is 1.77. The zero-order chi connectivity index (χ0) is 14.0. The molecular weight excluding hydrogens is 247 g/mol. The van der Waals surface area contributed by atoms with Crippen LogP contribution in [0.25, 0.3) is 0 Å². The first-order valence-corrected chi connectivity index (χ1v) is 5.63. The van der Waals surface area contributed by atoms with E-state index in [9.17, 15) is 9.18 Å². The number of rotatable bonds is 3. The third-order valence-electron chi connectivity index (χ3n) is 2.62. The quantitative estimate of drug-likeness (QED) is 0.741. The molecule has 2 aromatic carbocycles. The molecule has 2 rings (SSSR count). The Bertz CT molecular complexity index is 621. The lowest BCUT2D eigenvalue weighted by Crippen LogP contribution is -2.01. The molecule has 0 aliphatic carbocycles. The standard InChI is InChI=1S/C14H13FN2O2/c1-8-4-10(15)7-11(5-8)17-13-3-2-9(14(18)19)6-12(13)16/h2-7,17H,16H2,1H3,(H,18,19). The Balaban J connectivity index is 2.30. The summed E-state index contributed by atoms with van der Waals surface area (Å²) in [5, 5.41) is 11.8. The van der Waals surface area contributed by atoms with Crippen molar-refractivity contribution in [2.45, 2.75) is 6.92 Å². The average molecular weight is 260 g/mol. The molecule has 0 atom stereocenters. The maximum Gasteiger partial charge on any atom is 0.335 e. The normalized spacial score (nSPS) is 10.2. The summed E-state index contributed by atoms with van der Waals surface area (Å²) in [7, 11) is 0. The van der Waals surface area contributed by atoms with Gasteiger partial charge in [0.25, 0.3) is 0 Å². The Morgan fingerprint density at radius 3 is 2.58 bits per heavy atom. The van der Waals surface area contributed by atoms with Crippen LogP contribution in [-0.2, 0) is 0 Å². The molecule has 0 bridgehead atoms. The molecule has 0 saturated carbocycles. The Morgan fingerprint density at radius 1 is 1.26 bits per heavy atom. The molecule has 0 heterocycles. The van der Waals surface area contributed by atoms with Gasteiger partial charge in [-0.05, 0) is 48.9 Å². The predicted molar refractivity (Wildman–Crippen MR) is 72.2 cm³/mol. The highest BCUT2D eigenvalue weighted by molar-refractivity contribution is 5.90. The molecule has 0 spiro atoms. The second-order valence-electron chi connectivity index (χ2n) is 4.25. The van der Waals surface area contributed by atoms with Crippen LogP contribution in [0.3, 0.4) is 0 Å². The first kappa shape index (κ1) is 12.9. The number of anilines is 3. The Morgan fingerprint density at radius 2 is 2.00 bits per heavy atom. The van der Waals surface area contributed by atoms with Gasteiger partial charge < -0.3 is 16.2 Å². The maximum absolute atomic E-state index is 13.3. The molecule has 19 heavy (non-hydrogen) atoms. The molecule has 98 valence electrons. The van der Waals surface area contributed by atoms with Gasteiger partial charge in [-0.3, -0.25) is 0 Å². The minimum Gasteiger partial charge on any atom is -0.478 e. The topological polar surface area (TPSA) is 75.3 Å². The number of carboxylic acids is 1. The first-order chi connectivity index (χ1) is 8.95. The minimum absolute atomic E-state index is 0.110. The molecule has 5 heteroatoms. The number of hydrogen-bond donors (Lipinski definition) is 3. The number of nitrogens with two attached hydrogens (primary N) is 1. The van der Waals surface area contributed by atoms with E-state index in [1.54, 1.807) is 19.1 Å². The van der Waals surface area contributed by atoms with Gasteiger partial charge in [-0.1, -0.05) is 0 Å². The van der Waals surface area contributed by atoms with E-state index >= 15 is 0 Å². The molecule has 0 aromatic heterocycles. The minimum atomic E-state index is -1.04. The molecule has 4 nitrogen and oxygen atoms in total. The van der Waals surface area contributed by atoms with Crippen LogP contribution >= 0.6 is 0 Å². The third-order valence-corrected chi connectivity index (χ3v) is 2.62. The Kier molecular flexibility index (Phi) is 3.37. The van der Waals surface area contributed by atoms with Crippen LogP contribution in [0.15, 0.2) is 36.4 Å². The van der Waals surface area contributed by atoms with Crippen LogP contribution in [0.2, 0.25) is 0 Å². The molecule has 0 radical (unpaired) electrons. The molecule has 4 N–H and O–H groups in total. The summed E-state index contributed by atoms with van der Waals surface area (Å²) in [6.07, 6.45) is 0. The number of benzene rings is 2. The van der Waals surface area contributed by atoms with E-state index in [-0.39, 0.29) is 11.4 Å². The Hall–Kier alpha value is -2.56. The van der Waals surface area contributed by atoms with E-state index in [2.05, 4.69) is 5.32 Å². The maximum atomic E-state index is 13.3. The van der Waals surface area contributed by atoms with Gasteiger partial charge in [0.1, 0.15) is 5.82 Å². The van der Waals surface area contributed by atoms with E-state index in [4.69, 9.17) is 10.8 Å². The van der Waals surface area contributed by atoms with Gasteiger partial charge in [0, 0.05) is 5.69 Å². The van der Waals surface area contributed by atoms with Crippen LogP contribution < -0.4 is 11.1 Å². The van der Waals surface area contributed by atoms with E-state index in [1.807, 2.05) is 0 Å². The van der Waals surface area contributed by atoms with E-state index in [0.717, 1.165) is 5.56 Å². The zero-order valence-electron chi connectivity index (χ0n) is 10.3. The van der Waals surface area contributed by atoms with Gasteiger partial charge in [-0.2, -0.15) is 0 Å². The summed E-state index contributed by atoms with van der Waals surface area (Å²) in [6, 6.07) is 8.89. The van der Waals surface area contributed by atoms with Crippen molar-refractivity contribution in [3.63, 3.8) is 0 Å². The molecular formula is C14H13FN2O2. The number of nitrogens with one attached hydrogen (secondary N) is 1. The number of halogens is 1. The van der Waals surface area contributed by atoms with Gasteiger partial charge in [0.15, 0.2) is 0 Å². The number of carbonyl (C=O) groups is 1. The number of nitrogen functional groups attached to an aromatic ring is 1. The summed E-state index contributed by atoms with van der Waals surface area (Å²) < 4.78 is 13.3. The van der Waals surface area contributed by atoms with Crippen LogP contribution in [-0.4, -0.2) is 11.1 Å². The number of hydrogen-bond acceptors (Lipinski definition) is 3. The lowest BCUT2D eigenvalue weighted by molar-refractivity contribution is 0.0697. The van der Waals surface area contributed by atoms with Crippen molar-refractivity contribution in [3.05, 3.63) is 53.3 Å². The average Bonchev–Trinajstić information content (AvgIpc) is 2.30. The van der Waals surface area contributed by atoms with Gasteiger partial charge in [-0.25, -0.2) is 9.18 Å². The zero-order valence-corrected chi connectivity index (χ0v) is 10.3. The van der Waals surface area contributed by atoms with Gasteiger partial charge in [0.2, 0.25) is 0 Å². The largest absolute Gasteiger partial charge is 0.478 e. The monoisotopic (exact) mass is 260 g/mol. The smallest absolute Gasteiger partial charge is 0.335 e. The van der Waals surface area contributed by atoms with Crippen LogP contribution in [0.1, 0.15) is 15.9 Å². The molecule has 2 aromatic rings. The van der Waals surface area contributed by atoms with Crippen molar-refractivity contribution >= 4 is 23.0 Å². The van der Waals surface area contributed by atoms with Crippen molar-refractivity contribution in [1.82, 2.24) is 0 Å². The van der Waals surface area contributed by atoms with Crippen LogP contribution in [0, 0.1) is 12.7 Å². The summed E-state index contributed by atoms with van der Waals surface area (Å²) in [6.45, 7) is 1.78. The lowest BCUT2D eigenvalue weighted by Gasteiger charge is -2.10. The lowest BCUT2D eigenvalue weighted by atomic mass is 10.1. The highest BCUT2D eigenvalue weighted by Gasteiger charge is 2.07. The van der Waals surface area contributed by atoms with E-state index < -0.39 is 5.97 Å². The summed E-state index contributed by atoms with van der Waals surface area (Å²) in [5.41, 5.74) is 8.05. The highest BCUT2D eigenvalue weighted by Crippen LogP contribution is 2.25. The summed E-state index contributed by atoms with van der Waals surface area (Å²) in [5.74, 6) is -1.39. The number of aromatic carboxylic acids is 1. The van der Waals surface area contributed by atoms with Crippen molar-refractivity contribution in [3.8, 4) is 0 Å². The number of carboxylic acid groups (broad SMARTS) is 1. The second-order valence-corrected chi connectivity index (χ2v) is 4.25. The molecule has 0 aliphatic rings. The fourth-order valence-electron chi connectivity index (χ4n) is 1.77. The molecule has 0 unspecified atom stereocenters. The second kappa shape index (κ2) is 4.97. The van der Waals surface area contributed by atoms with E-state index in [1.165, 1.54) is 24.3 Å². The third kappa shape index (κ3) is 3.01.